The van der Waals surface area contributed by atoms with Gasteiger partial charge < -0.3 is 76.1 Å². The molecule has 0 aromatic carbocycles. The van der Waals surface area contributed by atoms with Gasteiger partial charge in [-0.25, -0.2) is 0 Å². The molecule has 18 heteroatoms. The molecule has 1 saturated heterocycles. The van der Waals surface area contributed by atoms with Crippen LogP contribution in [-0.2, 0) is 28.6 Å². The van der Waals surface area contributed by atoms with E-state index in [1.54, 1.807) is 44.2 Å². The normalized spacial score (nSPS) is 39.6. The summed E-state index contributed by atoms with van der Waals surface area (Å²) < 4.78 is 17.0. The third-order valence-electron chi connectivity index (χ3n) is 11.7. The fourth-order valence-electron chi connectivity index (χ4n) is 7.45. The number of nitrogens with two attached hydrogens (primary N) is 1. The Morgan fingerprint density at radius 2 is 1.18 bits per heavy atom. The van der Waals surface area contributed by atoms with E-state index < -0.39 is 147 Å². The van der Waals surface area contributed by atoms with Crippen LogP contribution >= 0.6 is 0 Å². The van der Waals surface area contributed by atoms with Crippen LogP contribution < -0.4 is 5.73 Å². The van der Waals surface area contributed by atoms with Crippen LogP contribution in [-0.4, -0.2) is 166 Å². The van der Waals surface area contributed by atoms with Crippen molar-refractivity contribution in [3.05, 3.63) is 72.9 Å². The van der Waals surface area contributed by atoms with E-state index in [4.69, 9.17) is 19.9 Å². The zero-order chi connectivity index (χ0) is 48.8. The lowest BCUT2D eigenvalue weighted by molar-refractivity contribution is -0.277. The summed E-state index contributed by atoms with van der Waals surface area (Å²) in [5.41, 5.74) is 5.96. The number of esters is 1. The zero-order valence-electron chi connectivity index (χ0n) is 37.8. The SMILES string of the molecule is CC1C=CC=CCCC=CC=CC=CC=CC(O[C@@H]2O[C@H](C)[C@@H](O)[C@H](N)[C@@H]2O)CC(O)C(C(=O)O)C(O)CC(=O)CC(O)C(O)CCC(O)CC(O)CC(O)CC(=O)OC(C)C(C)C1O. The van der Waals surface area contributed by atoms with Crippen LogP contribution in [0.5, 0.6) is 0 Å². The maximum atomic E-state index is 12.9. The van der Waals surface area contributed by atoms with E-state index in [0.29, 0.717) is 0 Å². The molecule has 18 nitrogen and oxygen atoms in total. The number of ketones is 1. The quantitative estimate of drug-likeness (QED) is 0.174. The van der Waals surface area contributed by atoms with Crippen molar-refractivity contribution in [1.29, 1.82) is 0 Å². The minimum Gasteiger partial charge on any atom is -0.481 e. The molecule has 13 N–H and O–H groups in total. The fraction of sp³-hybridized carbons (Fsp3) is 0.681. The Labute approximate surface area is 381 Å². The maximum absolute atomic E-state index is 12.9. The van der Waals surface area contributed by atoms with E-state index in [9.17, 15) is 70.6 Å². The van der Waals surface area contributed by atoms with E-state index in [1.807, 2.05) is 43.4 Å². The molecule has 0 aromatic rings. The second-order valence-corrected chi connectivity index (χ2v) is 17.4. The Bertz CT molecular complexity index is 1600. The first-order valence-electron chi connectivity index (χ1n) is 22.4. The number of hydrogen-bond donors (Lipinski definition) is 12. The van der Waals surface area contributed by atoms with Crippen LogP contribution in [0.4, 0.5) is 0 Å². The molecule has 2 aliphatic rings. The van der Waals surface area contributed by atoms with Crippen molar-refractivity contribution in [3.63, 3.8) is 0 Å². The summed E-state index contributed by atoms with van der Waals surface area (Å²) in [6, 6.07) is -1.15. The highest BCUT2D eigenvalue weighted by molar-refractivity contribution is 5.81. The summed E-state index contributed by atoms with van der Waals surface area (Å²) in [6.45, 7) is 6.73. The van der Waals surface area contributed by atoms with Gasteiger partial charge >= 0.3 is 11.9 Å². The lowest BCUT2D eigenvalue weighted by atomic mass is 9.88. The van der Waals surface area contributed by atoms with Crippen molar-refractivity contribution in [1.82, 2.24) is 0 Å². The van der Waals surface area contributed by atoms with E-state index in [2.05, 4.69) is 0 Å². The predicted octanol–water partition coefficient (Wildman–Crippen LogP) is 0.778. The minimum atomic E-state index is -1.95. The number of aliphatic hydroxyl groups excluding tert-OH is 10. The molecule has 0 spiro atoms. The van der Waals surface area contributed by atoms with Gasteiger partial charge in [-0.1, -0.05) is 86.8 Å². The van der Waals surface area contributed by atoms with Gasteiger partial charge in [0, 0.05) is 31.1 Å². The highest BCUT2D eigenvalue weighted by Gasteiger charge is 2.43. The number of cyclic esters (lactones) is 1. The Morgan fingerprint density at radius 3 is 1.83 bits per heavy atom. The molecule has 65 heavy (non-hydrogen) atoms. The largest absolute Gasteiger partial charge is 0.481 e. The number of aliphatic carboxylic acids is 1. The molecule has 0 aliphatic carbocycles. The second-order valence-electron chi connectivity index (χ2n) is 17.4. The molecule has 0 radical (unpaired) electrons. The Morgan fingerprint density at radius 1 is 0.615 bits per heavy atom. The first-order chi connectivity index (χ1) is 30.6. The number of carbonyl (C=O) groups excluding carboxylic acids is 2. The van der Waals surface area contributed by atoms with Crippen LogP contribution in [0.15, 0.2) is 72.9 Å². The highest BCUT2D eigenvalue weighted by Crippen LogP contribution is 2.26. The van der Waals surface area contributed by atoms with Crippen LogP contribution in [0.2, 0.25) is 0 Å². The molecule has 1 fully saturated rings. The molecule has 18 atom stereocenters. The summed E-state index contributed by atoms with van der Waals surface area (Å²) in [6.07, 6.45) is 0.848. The highest BCUT2D eigenvalue weighted by atomic mass is 16.7. The smallest absolute Gasteiger partial charge is 0.311 e. The number of allylic oxidation sites excluding steroid dienone is 10. The van der Waals surface area contributed by atoms with Crippen molar-refractivity contribution in [2.75, 3.05) is 0 Å². The van der Waals surface area contributed by atoms with Gasteiger partial charge in [0.2, 0.25) is 0 Å². The van der Waals surface area contributed by atoms with E-state index >= 15 is 0 Å². The number of rotatable bonds is 3. The summed E-state index contributed by atoms with van der Waals surface area (Å²) >= 11 is 0. The summed E-state index contributed by atoms with van der Waals surface area (Å²) in [4.78, 5) is 37.8. The van der Waals surface area contributed by atoms with Gasteiger partial charge in [0.15, 0.2) is 6.29 Å². The molecule has 0 amide bonds. The topological polar surface area (TPSA) is 327 Å². The molecule has 0 saturated carbocycles. The summed E-state index contributed by atoms with van der Waals surface area (Å²) in [7, 11) is 0. The number of hydrogen-bond acceptors (Lipinski definition) is 17. The van der Waals surface area contributed by atoms with Gasteiger partial charge in [-0.15, -0.1) is 0 Å². The van der Waals surface area contributed by atoms with Gasteiger partial charge in [0.1, 0.15) is 23.9 Å². The second kappa shape index (κ2) is 30.0. The molecule has 2 aliphatic heterocycles. The standard InChI is InChI=1S/C47H75NO17/c1-27-17-15-13-11-9-7-5-6-8-10-12-14-16-18-35(65-47-45(60)42(48)44(59)30(4)64-47)26-39(56)41(46(61)62)38(55)24-34(52)23-37(54)36(53)20-19-31(49)21-32(50)22-33(51)25-40(57)63-29(3)28(2)43(27)58/h5-6,8,10-18,27-33,35-39,41-45,47,49-51,53-56,58-60H,7,9,19-26,48H2,1-4H3,(H,61,62)/t27?,28?,29?,30-,31?,32?,33?,35?,36?,37?,38?,39?,41?,42+,43?,44-,45+,47+/m1/s1. The molecular formula is C47H75NO17. The summed E-state index contributed by atoms with van der Waals surface area (Å²) in [5, 5.41) is 116. The van der Waals surface area contributed by atoms with E-state index in [1.165, 1.54) is 13.0 Å². The van der Waals surface area contributed by atoms with Gasteiger partial charge in [-0.05, 0) is 52.4 Å². The number of aliphatic hydroxyl groups is 10. The average molecular weight is 926 g/mol. The molecule has 13 unspecified atom stereocenters. The van der Waals surface area contributed by atoms with Crippen molar-refractivity contribution < 1.29 is 84.8 Å². The lowest BCUT2D eigenvalue weighted by Gasteiger charge is -2.41. The summed E-state index contributed by atoms with van der Waals surface area (Å²) in [5.74, 6) is -5.88. The first kappa shape index (κ1) is 57.7. The number of carboxylic acids is 1. The minimum absolute atomic E-state index is 0.144. The molecule has 2 heterocycles. The maximum Gasteiger partial charge on any atom is 0.311 e. The van der Waals surface area contributed by atoms with Crippen molar-refractivity contribution in [2.45, 2.75) is 184 Å². The van der Waals surface area contributed by atoms with Crippen molar-refractivity contribution in [3.8, 4) is 0 Å². The third kappa shape index (κ3) is 21.4. The van der Waals surface area contributed by atoms with Crippen molar-refractivity contribution >= 4 is 17.7 Å². The fourth-order valence-corrected chi connectivity index (χ4v) is 7.45. The van der Waals surface area contributed by atoms with Crippen LogP contribution in [0, 0.1) is 17.8 Å². The number of Topliss-reactive ketones (excluding diaryl/α,β-unsaturated/α-hetero) is 1. The van der Waals surface area contributed by atoms with Crippen LogP contribution in [0.1, 0.15) is 91.9 Å². The van der Waals surface area contributed by atoms with Gasteiger partial charge in [0.25, 0.3) is 0 Å². The van der Waals surface area contributed by atoms with Crippen LogP contribution in [0.25, 0.3) is 0 Å². The molecular weight excluding hydrogens is 851 g/mol. The van der Waals surface area contributed by atoms with Gasteiger partial charge in [-0.2, -0.15) is 0 Å². The molecule has 0 aromatic heterocycles. The predicted molar refractivity (Wildman–Crippen MR) is 238 cm³/mol. The van der Waals surface area contributed by atoms with Crippen LogP contribution in [0.3, 0.4) is 0 Å². The average Bonchev–Trinajstić information content (AvgIpc) is 3.22. The van der Waals surface area contributed by atoms with Gasteiger partial charge in [-0.3, -0.25) is 14.4 Å². The molecule has 2 rings (SSSR count). The Balaban J connectivity index is 2.26. The van der Waals surface area contributed by atoms with E-state index in [0.717, 1.165) is 12.8 Å². The monoisotopic (exact) mass is 926 g/mol. The lowest BCUT2D eigenvalue weighted by Crippen LogP contribution is -2.61. The Kier molecular flexibility index (Phi) is 26.6. The first-order valence-corrected chi connectivity index (χ1v) is 22.4. The van der Waals surface area contributed by atoms with Crippen molar-refractivity contribution in [2.24, 2.45) is 23.5 Å². The third-order valence-corrected chi connectivity index (χ3v) is 11.7. The van der Waals surface area contributed by atoms with E-state index in [-0.39, 0.29) is 31.6 Å². The van der Waals surface area contributed by atoms with Gasteiger partial charge in [0.05, 0.1) is 79.6 Å². The number of carbonyl (C=O) groups is 3. The zero-order valence-corrected chi connectivity index (χ0v) is 37.8. The molecule has 0 bridgehead atoms. The Hall–Kier alpha value is -3.47. The number of carboxylic acid groups (broad SMARTS) is 1. The molecule has 370 valence electrons. The number of ether oxygens (including phenoxy) is 3.